The Hall–Kier alpha value is -1.56. The van der Waals surface area contributed by atoms with Crippen LogP contribution in [0.2, 0.25) is 0 Å². The Kier molecular flexibility index (Phi) is 2.12. The number of aryl methyl sites for hydroxylation is 1. The van der Waals surface area contributed by atoms with Crippen molar-refractivity contribution in [3.63, 3.8) is 0 Å². The average molecular weight is 207 g/mol. The van der Waals surface area contributed by atoms with E-state index in [1.807, 2.05) is 20.0 Å². The number of aromatic amines is 1. The Morgan fingerprint density at radius 2 is 2.29 bits per heavy atom. The zero-order valence-corrected chi connectivity index (χ0v) is 8.67. The van der Waals surface area contributed by atoms with Crippen LogP contribution in [0.15, 0.2) is 12.3 Å². The van der Waals surface area contributed by atoms with Gasteiger partial charge in [0.15, 0.2) is 10.6 Å². The summed E-state index contributed by atoms with van der Waals surface area (Å²) in [5.41, 5.74) is 1.78. The van der Waals surface area contributed by atoms with Crippen molar-refractivity contribution in [3.8, 4) is 11.4 Å². The van der Waals surface area contributed by atoms with Crippen LogP contribution in [0, 0.1) is 11.7 Å². The van der Waals surface area contributed by atoms with Gasteiger partial charge in [0.1, 0.15) is 0 Å². The van der Waals surface area contributed by atoms with Gasteiger partial charge in [-0.3, -0.25) is 5.10 Å². The van der Waals surface area contributed by atoms with Gasteiger partial charge in [-0.25, -0.2) is 0 Å². The van der Waals surface area contributed by atoms with Crippen LogP contribution in [0.1, 0.15) is 5.69 Å². The Morgan fingerprint density at radius 3 is 2.86 bits per heavy atom. The second-order valence-electron chi connectivity index (χ2n) is 2.94. The van der Waals surface area contributed by atoms with Crippen LogP contribution in [0.3, 0.4) is 0 Å². The van der Waals surface area contributed by atoms with E-state index in [4.69, 9.17) is 12.2 Å². The third-order valence-corrected chi connectivity index (χ3v) is 2.39. The molecule has 0 saturated heterocycles. The van der Waals surface area contributed by atoms with Gasteiger partial charge < -0.3 is 4.57 Å². The van der Waals surface area contributed by atoms with Crippen molar-refractivity contribution in [2.75, 3.05) is 0 Å². The van der Waals surface area contributed by atoms with Gasteiger partial charge in [-0.2, -0.15) is 15.3 Å². The summed E-state index contributed by atoms with van der Waals surface area (Å²) in [5, 5.41) is 14.6. The topological polar surface area (TPSA) is 59.4 Å². The largest absolute Gasteiger partial charge is 0.303 e. The molecule has 0 spiro atoms. The molecule has 2 aromatic heterocycles. The molecular weight excluding hydrogens is 198 g/mol. The monoisotopic (exact) mass is 207 g/mol. The van der Waals surface area contributed by atoms with Gasteiger partial charge in [0.25, 0.3) is 0 Å². The number of H-pyrrole nitrogens is 1. The lowest BCUT2D eigenvalue weighted by Crippen LogP contribution is -1.97. The molecule has 0 bridgehead atoms. The smallest absolute Gasteiger partial charge is 0.195 e. The molecule has 0 radical (unpaired) electrons. The fraction of sp³-hybridized carbons (Fsp3) is 0.250. The highest BCUT2D eigenvalue weighted by Crippen LogP contribution is 2.17. The molecule has 2 heterocycles. The number of nitrogens with one attached hydrogen (secondary N) is 1. The SMILES string of the molecule is Cc1nnccc1-c1n[nH]c(=S)n1C. The van der Waals surface area contributed by atoms with Crippen LogP contribution < -0.4 is 0 Å². The first-order chi connectivity index (χ1) is 6.70. The minimum atomic E-state index is 0.594. The minimum Gasteiger partial charge on any atom is -0.303 e. The van der Waals surface area contributed by atoms with E-state index in [2.05, 4.69) is 20.4 Å². The maximum absolute atomic E-state index is 5.03. The van der Waals surface area contributed by atoms with E-state index in [-0.39, 0.29) is 0 Å². The maximum atomic E-state index is 5.03. The highest BCUT2D eigenvalue weighted by molar-refractivity contribution is 7.71. The van der Waals surface area contributed by atoms with E-state index in [1.165, 1.54) is 0 Å². The van der Waals surface area contributed by atoms with Gasteiger partial charge in [0, 0.05) is 12.6 Å². The number of rotatable bonds is 1. The van der Waals surface area contributed by atoms with Gasteiger partial charge in [-0.05, 0) is 25.2 Å². The molecule has 72 valence electrons. The van der Waals surface area contributed by atoms with E-state index in [9.17, 15) is 0 Å². The Balaban J connectivity index is 2.66. The summed E-state index contributed by atoms with van der Waals surface area (Å²) in [5.74, 6) is 0.780. The second kappa shape index (κ2) is 3.30. The van der Waals surface area contributed by atoms with Crippen molar-refractivity contribution in [1.29, 1.82) is 0 Å². The first-order valence-corrected chi connectivity index (χ1v) is 4.51. The van der Waals surface area contributed by atoms with Gasteiger partial charge in [0.05, 0.1) is 11.9 Å². The molecule has 0 atom stereocenters. The van der Waals surface area contributed by atoms with Gasteiger partial charge in [0.2, 0.25) is 0 Å². The lowest BCUT2D eigenvalue weighted by atomic mass is 10.2. The molecule has 0 aliphatic heterocycles. The van der Waals surface area contributed by atoms with Gasteiger partial charge in [-0.1, -0.05) is 0 Å². The first kappa shape index (κ1) is 9.01. The molecule has 0 aliphatic carbocycles. The van der Waals surface area contributed by atoms with Crippen molar-refractivity contribution >= 4 is 12.2 Å². The molecule has 5 nitrogen and oxygen atoms in total. The van der Waals surface area contributed by atoms with Crippen molar-refractivity contribution in [3.05, 3.63) is 22.7 Å². The molecule has 2 aromatic rings. The zero-order chi connectivity index (χ0) is 10.1. The van der Waals surface area contributed by atoms with Gasteiger partial charge in [-0.15, -0.1) is 0 Å². The summed E-state index contributed by atoms with van der Waals surface area (Å²) in [4.78, 5) is 0. The first-order valence-electron chi connectivity index (χ1n) is 4.10. The molecule has 0 aromatic carbocycles. The summed E-state index contributed by atoms with van der Waals surface area (Å²) in [6, 6.07) is 1.87. The second-order valence-corrected chi connectivity index (χ2v) is 3.33. The van der Waals surface area contributed by atoms with Crippen LogP contribution in [0.4, 0.5) is 0 Å². The molecule has 1 N–H and O–H groups in total. The van der Waals surface area contributed by atoms with Gasteiger partial charge >= 0.3 is 0 Å². The predicted octanol–water partition coefficient (Wildman–Crippen LogP) is 1.24. The Morgan fingerprint density at radius 1 is 1.50 bits per heavy atom. The molecule has 14 heavy (non-hydrogen) atoms. The third-order valence-electron chi connectivity index (χ3n) is 2.03. The number of nitrogens with zero attached hydrogens (tertiary/aromatic N) is 4. The van der Waals surface area contributed by atoms with E-state index in [0.29, 0.717) is 4.77 Å². The number of aromatic nitrogens is 5. The number of hydrogen-bond acceptors (Lipinski definition) is 4. The fourth-order valence-electron chi connectivity index (χ4n) is 1.23. The van der Waals surface area contributed by atoms with Crippen LogP contribution in [0.25, 0.3) is 11.4 Å². The molecule has 0 aliphatic rings. The molecule has 0 saturated carbocycles. The van der Waals surface area contributed by atoms with Crippen LogP contribution in [-0.4, -0.2) is 25.0 Å². The van der Waals surface area contributed by atoms with E-state index in [0.717, 1.165) is 17.1 Å². The lowest BCUT2D eigenvalue weighted by Gasteiger charge is -2.01. The Labute approximate surface area is 85.8 Å². The summed E-state index contributed by atoms with van der Waals surface area (Å²) < 4.78 is 2.40. The van der Waals surface area contributed by atoms with E-state index < -0.39 is 0 Å². The fourth-order valence-corrected chi connectivity index (χ4v) is 1.36. The minimum absolute atomic E-state index is 0.594. The lowest BCUT2D eigenvalue weighted by molar-refractivity contribution is 0.893. The molecule has 6 heteroatoms. The van der Waals surface area contributed by atoms with Crippen molar-refractivity contribution in [1.82, 2.24) is 25.0 Å². The normalized spacial score (nSPS) is 10.4. The van der Waals surface area contributed by atoms with E-state index in [1.54, 1.807) is 10.8 Å². The summed E-state index contributed by atoms with van der Waals surface area (Å²) in [7, 11) is 1.86. The standard InChI is InChI=1S/C8H9N5S/c1-5-6(3-4-9-10-5)7-11-12-8(14)13(7)2/h3-4H,1-2H3,(H,12,14). The van der Waals surface area contributed by atoms with Crippen molar-refractivity contribution in [2.45, 2.75) is 6.92 Å². The zero-order valence-electron chi connectivity index (χ0n) is 7.85. The molecule has 0 unspecified atom stereocenters. The highest BCUT2D eigenvalue weighted by atomic mass is 32.1. The molecule has 0 fully saturated rings. The van der Waals surface area contributed by atoms with E-state index >= 15 is 0 Å². The maximum Gasteiger partial charge on any atom is 0.195 e. The summed E-state index contributed by atoms with van der Waals surface area (Å²) >= 11 is 5.03. The summed E-state index contributed by atoms with van der Waals surface area (Å²) in [6.45, 7) is 1.89. The number of hydrogen-bond donors (Lipinski definition) is 1. The Bertz CT molecular complexity index is 512. The molecule has 2 rings (SSSR count). The van der Waals surface area contributed by atoms with Crippen LogP contribution in [-0.2, 0) is 7.05 Å². The van der Waals surface area contributed by atoms with Crippen molar-refractivity contribution in [2.24, 2.45) is 7.05 Å². The van der Waals surface area contributed by atoms with Crippen LogP contribution in [0.5, 0.6) is 0 Å². The molecule has 0 amide bonds. The average Bonchev–Trinajstić information content (AvgIpc) is 2.49. The third kappa shape index (κ3) is 1.33. The predicted molar refractivity (Wildman–Crippen MR) is 54.2 cm³/mol. The van der Waals surface area contributed by atoms with Crippen molar-refractivity contribution < 1.29 is 0 Å². The highest BCUT2D eigenvalue weighted by Gasteiger charge is 2.08. The summed E-state index contributed by atoms with van der Waals surface area (Å²) in [6.07, 6.45) is 1.64. The quantitative estimate of drug-likeness (QED) is 0.715. The molecular formula is C8H9N5S. The van der Waals surface area contributed by atoms with Crippen LogP contribution >= 0.6 is 12.2 Å².